The normalized spacial score (nSPS) is 14.9. The van der Waals surface area contributed by atoms with Gasteiger partial charge in [0.2, 0.25) is 5.75 Å². The quantitative estimate of drug-likeness (QED) is 0.397. The molecule has 1 heterocycles. The summed E-state index contributed by atoms with van der Waals surface area (Å²) in [7, 11) is 4.81. The van der Waals surface area contributed by atoms with E-state index < -0.39 is 0 Å². The molecule has 3 aromatic carbocycles. The molecule has 1 aliphatic rings. The lowest BCUT2D eigenvalue weighted by Gasteiger charge is -2.39. The summed E-state index contributed by atoms with van der Waals surface area (Å²) >= 11 is 0. The van der Waals surface area contributed by atoms with E-state index in [1.54, 1.807) is 21.3 Å². The van der Waals surface area contributed by atoms with E-state index in [0.29, 0.717) is 17.2 Å². The highest BCUT2D eigenvalue weighted by Gasteiger charge is 2.26. The second-order valence-corrected chi connectivity index (χ2v) is 8.67. The van der Waals surface area contributed by atoms with Gasteiger partial charge in [-0.05, 0) is 47.5 Å². The smallest absolute Gasteiger partial charge is 0.203 e. The maximum atomic E-state index is 13.6. The van der Waals surface area contributed by atoms with Crippen molar-refractivity contribution in [1.82, 2.24) is 9.80 Å². The first kappa shape index (κ1) is 25.7. The van der Waals surface area contributed by atoms with Crippen LogP contribution in [0.15, 0.2) is 66.7 Å². The SMILES string of the molecule is COc1ccc(/C=C/CN2CCN(C(c3ccc(F)cc3)c3ccc(F)cc3)CC2)c(OC)c1OC. The third-order valence-electron chi connectivity index (χ3n) is 6.54. The number of hydrogen-bond donors (Lipinski definition) is 0. The van der Waals surface area contributed by atoms with Crippen LogP contribution in [0.3, 0.4) is 0 Å². The number of piperazine rings is 1. The number of benzene rings is 3. The third kappa shape index (κ3) is 5.86. The maximum Gasteiger partial charge on any atom is 0.203 e. The first-order valence-corrected chi connectivity index (χ1v) is 12.0. The van der Waals surface area contributed by atoms with E-state index in [0.717, 1.165) is 49.4 Å². The molecule has 0 saturated carbocycles. The molecule has 1 aliphatic heterocycles. The Balaban J connectivity index is 1.43. The van der Waals surface area contributed by atoms with Crippen LogP contribution in [0.2, 0.25) is 0 Å². The van der Waals surface area contributed by atoms with Gasteiger partial charge in [0.15, 0.2) is 11.5 Å². The van der Waals surface area contributed by atoms with Crippen LogP contribution in [0.5, 0.6) is 17.2 Å². The molecular formula is C29H32F2N2O3. The van der Waals surface area contributed by atoms with Crippen molar-refractivity contribution in [2.24, 2.45) is 0 Å². The van der Waals surface area contributed by atoms with Crippen molar-refractivity contribution in [2.75, 3.05) is 54.1 Å². The lowest BCUT2D eigenvalue weighted by Crippen LogP contribution is -2.47. The molecule has 4 rings (SSSR count). The molecule has 0 aliphatic carbocycles. The van der Waals surface area contributed by atoms with E-state index >= 15 is 0 Å². The van der Waals surface area contributed by atoms with Gasteiger partial charge in [-0.2, -0.15) is 0 Å². The molecule has 0 N–H and O–H groups in total. The standard InChI is InChI=1S/C29H32F2N2O3/c1-34-26-15-10-23(28(35-2)29(26)36-3)5-4-16-32-17-19-33(20-18-32)27(21-6-11-24(30)12-7-21)22-8-13-25(31)14-9-22/h4-15,27H,16-20H2,1-3H3/b5-4+. The molecule has 0 amide bonds. The molecule has 0 spiro atoms. The summed E-state index contributed by atoms with van der Waals surface area (Å²) in [5, 5.41) is 0. The molecule has 0 aromatic heterocycles. The Morgan fingerprint density at radius 1 is 0.722 bits per heavy atom. The second-order valence-electron chi connectivity index (χ2n) is 8.67. The van der Waals surface area contributed by atoms with E-state index in [4.69, 9.17) is 14.2 Å². The van der Waals surface area contributed by atoms with Gasteiger partial charge in [-0.1, -0.05) is 36.4 Å². The van der Waals surface area contributed by atoms with E-state index in [-0.39, 0.29) is 17.7 Å². The maximum absolute atomic E-state index is 13.6. The van der Waals surface area contributed by atoms with Gasteiger partial charge in [0.25, 0.3) is 0 Å². The predicted molar refractivity (Wildman–Crippen MR) is 138 cm³/mol. The average Bonchev–Trinajstić information content (AvgIpc) is 2.91. The van der Waals surface area contributed by atoms with Crippen molar-refractivity contribution in [3.05, 3.63) is 95.1 Å². The van der Waals surface area contributed by atoms with Crippen molar-refractivity contribution >= 4 is 6.08 Å². The lowest BCUT2D eigenvalue weighted by atomic mass is 9.96. The van der Waals surface area contributed by atoms with Gasteiger partial charge in [-0.3, -0.25) is 9.80 Å². The van der Waals surface area contributed by atoms with Crippen LogP contribution >= 0.6 is 0 Å². The van der Waals surface area contributed by atoms with Crippen LogP contribution < -0.4 is 14.2 Å². The summed E-state index contributed by atoms with van der Waals surface area (Å²) in [5.41, 5.74) is 2.91. The highest BCUT2D eigenvalue weighted by atomic mass is 19.1. The van der Waals surface area contributed by atoms with Gasteiger partial charge in [0.05, 0.1) is 27.4 Å². The number of ether oxygens (including phenoxy) is 3. The van der Waals surface area contributed by atoms with Gasteiger partial charge in [0.1, 0.15) is 11.6 Å². The second kappa shape index (κ2) is 12.0. The monoisotopic (exact) mass is 494 g/mol. The van der Waals surface area contributed by atoms with E-state index in [1.807, 2.05) is 42.5 Å². The van der Waals surface area contributed by atoms with Gasteiger partial charge in [-0.25, -0.2) is 8.78 Å². The Kier molecular flexibility index (Phi) is 8.57. The summed E-state index contributed by atoms with van der Waals surface area (Å²) in [6.45, 7) is 4.24. The van der Waals surface area contributed by atoms with Crippen LogP contribution in [0, 0.1) is 11.6 Å². The van der Waals surface area contributed by atoms with Crippen LogP contribution in [-0.4, -0.2) is 63.9 Å². The molecular weight excluding hydrogens is 462 g/mol. The minimum atomic E-state index is -0.265. The zero-order chi connectivity index (χ0) is 25.5. The highest BCUT2D eigenvalue weighted by Crippen LogP contribution is 2.40. The van der Waals surface area contributed by atoms with Crippen LogP contribution in [0.1, 0.15) is 22.7 Å². The predicted octanol–water partition coefficient (Wildman–Crippen LogP) is 5.41. The average molecular weight is 495 g/mol. The molecule has 3 aromatic rings. The molecule has 1 fully saturated rings. The largest absolute Gasteiger partial charge is 0.493 e. The molecule has 7 heteroatoms. The fourth-order valence-corrected chi connectivity index (χ4v) is 4.69. The fraction of sp³-hybridized carbons (Fsp3) is 0.310. The van der Waals surface area contributed by atoms with Gasteiger partial charge in [-0.15, -0.1) is 0 Å². The molecule has 0 unspecified atom stereocenters. The van der Waals surface area contributed by atoms with E-state index in [2.05, 4.69) is 15.9 Å². The number of methoxy groups -OCH3 is 3. The number of nitrogens with zero attached hydrogens (tertiary/aromatic N) is 2. The summed E-state index contributed by atoms with van der Waals surface area (Å²) in [4.78, 5) is 4.75. The number of rotatable bonds is 9. The van der Waals surface area contributed by atoms with Crippen LogP contribution in [-0.2, 0) is 0 Å². The molecule has 5 nitrogen and oxygen atoms in total. The molecule has 190 valence electrons. The Labute approximate surface area is 211 Å². The summed E-state index contributed by atoms with van der Waals surface area (Å²) in [6.07, 6.45) is 4.16. The molecule has 1 saturated heterocycles. The van der Waals surface area contributed by atoms with Crippen molar-refractivity contribution in [2.45, 2.75) is 6.04 Å². The number of hydrogen-bond acceptors (Lipinski definition) is 5. The Morgan fingerprint density at radius 3 is 1.78 bits per heavy atom. The summed E-state index contributed by atoms with van der Waals surface area (Å²) in [5.74, 6) is 1.31. The van der Waals surface area contributed by atoms with E-state index in [9.17, 15) is 8.78 Å². The minimum absolute atomic E-state index is 0.0556. The molecule has 0 radical (unpaired) electrons. The van der Waals surface area contributed by atoms with Crippen LogP contribution in [0.25, 0.3) is 6.08 Å². The van der Waals surface area contributed by atoms with Gasteiger partial charge >= 0.3 is 0 Å². The van der Waals surface area contributed by atoms with Crippen molar-refractivity contribution in [3.8, 4) is 17.2 Å². The van der Waals surface area contributed by atoms with Crippen molar-refractivity contribution < 1.29 is 23.0 Å². The van der Waals surface area contributed by atoms with Crippen LogP contribution in [0.4, 0.5) is 8.78 Å². The number of halogens is 2. The first-order chi connectivity index (χ1) is 17.5. The zero-order valence-corrected chi connectivity index (χ0v) is 20.9. The summed E-state index contributed by atoms with van der Waals surface area (Å²) in [6, 6.07) is 16.9. The molecule has 0 atom stereocenters. The van der Waals surface area contributed by atoms with E-state index in [1.165, 1.54) is 24.3 Å². The van der Waals surface area contributed by atoms with Crippen molar-refractivity contribution in [3.63, 3.8) is 0 Å². The van der Waals surface area contributed by atoms with Gasteiger partial charge < -0.3 is 14.2 Å². The Hall–Kier alpha value is -3.42. The lowest BCUT2D eigenvalue weighted by molar-refractivity contribution is 0.118. The third-order valence-corrected chi connectivity index (χ3v) is 6.54. The summed E-state index contributed by atoms with van der Waals surface area (Å²) < 4.78 is 43.5. The molecule has 36 heavy (non-hydrogen) atoms. The first-order valence-electron chi connectivity index (χ1n) is 12.0. The topological polar surface area (TPSA) is 34.2 Å². The Bertz CT molecular complexity index is 1110. The molecule has 0 bridgehead atoms. The Morgan fingerprint density at radius 2 is 1.28 bits per heavy atom. The fourth-order valence-electron chi connectivity index (χ4n) is 4.69. The van der Waals surface area contributed by atoms with Crippen molar-refractivity contribution in [1.29, 1.82) is 0 Å². The van der Waals surface area contributed by atoms with Gasteiger partial charge in [0, 0.05) is 38.3 Å². The minimum Gasteiger partial charge on any atom is -0.493 e. The zero-order valence-electron chi connectivity index (χ0n) is 20.9. The highest BCUT2D eigenvalue weighted by molar-refractivity contribution is 5.66.